The van der Waals surface area contributed by atoms with Crippen LogP contribution in [0.1, 0.15) is 47.2 Å². The first-order chi connectivity index (χ1) is 16.1. The third-order valence-corrected chi connectivity index (χ3v) is 5.84. The number of hydrogen-bond acceptors (Lipinski definition) is 4. The number of carbonyl (C=O) groups is 1. The van der Waals surface area contributed by atoms with Crippen LogP contribution >= 0.6 is 0 Å². The van der Waals surface area contributed by atoms with Gasteiger partial charge in [-0.1, -0.05) is 62.4 Å². The number of benzene rings is 2. The average molecular weight is 439 g/mol. The Labute approximate surface area is 192 Å². The molecule has 0 saturated carbocycles. The number of hydrogen-bond donors (Lipinski definition) is 1. The number of aromatic nitrogens is 5. The molecule has 0 atom stereocenters. The van der Waals surface area contributed by atoms with Crippen molar-refractivity contribution in [1.29, 1.82) is 0 Å². The number of fused-ring (bicyclic) bond motifs is 2. The molecule has 0 aliphatic carbocycles. The molecule has 1 amide bonds. The standard InChI is InChI=1S/C26H26N6O/c1-18(2)20-9-7-8-19(16-20)17-32-22-11-4-3-10-21(22)25(30-32)26(33)27-14-13-24-29-28-23-12-5-6-15-31(23)24/h3-12,15-16,18H,13-14,17H2,1-2H3,(H,27,33). The molecule has 0 spiro atoms. The van der Waals surface area contributed by atoms with E-state index in [-0.39, 0.29) is 5.91 Å². The van der Waals surface area contributed by atoms with Gasteiger partial charge in [-0.2, -0.15) is 5.10 Å². The van der Waals surface area contributed by atoms with Crippen LogP contribution in [0.4, 0.5) is 0 Å². The zero-order chi connectivity index (χ0) is 22.8. The third-order valence-electron chi connectivity index (χ3n) is 5.84. The summed E-state index contributed by atoms with van der Waals surface area (Å²) in [5, 5.41) is 16.9. The van der Waals surface area contributed by atoms with Crippen molar-refractivity contribution in [3.63, 3.8) is 0 Å². The molecule has 166 valence electrons. The Hall–Kier alpha value is -4.00. The van der Waals surface area contributed by atoms with Gasteiger partial charge < -0.3 is 5.32 Å². The molecule has 0 bridgehead atoms. The highest BCUT2D eigenvalue weighted by Gasteiger charge is 2.17. The first-order valence-corrected chi connectivity index (χ1v) is 11.2. The van der Waals surface area contributed by atoms with E-state index in [1.54, 1.807) is 0 Å². The van der Waals surface area contributed by atoms with Crippen LogP contribution in [-0.4, -0.2) is 36.8 Å². The fourth-order valence-corrected chi connectivity index (χ4v) is 4.07. The van der Waals surface area contributed by atoms with Crippen LogP contribution in [0, 0.1) is 0 Å². The summed E-state index contributed by atoms with van der Waals surface area (Å²) in [6.45, 7) is 5.44. The SMILES string of the molecule is CC(C)c1cccc(Cn2nc(C(=O)NCCc3nnc4ccccn34)c3ccccc32)c1. The number of pyridine rings is 1. The van der Waals surface area contributed by atoms with Crippen molar-refractivity contribution in [2.24, 2.45) is 0 Å². The van der Waals surface area contributed by atoms with Gasteiger partial charge in [-0.25, -0.2) is 0 Å². The van der Waals surface area contributed by atoms with E-state index in [9.17, 15) is 4.79 Å². The van der Waals surface area contributed by atoms with Crippen molar-refractivity contribution in [3.05, 3.63) is 95.6 Å². The van der Waals surface area contributed by atoms with Gasteiger partial charge in [-0.05, 0) is 35.2 Å². The second kappa shape index (κ2) is 8.86. The van der Waals surface area contributed by atoms with Gasteiger partial charge in [0.2, 0.25) is 0 Å². The Balaban J connectivity index is 1.35. The van der Waals surface area contributed by atoms with Crippen molar-refractivity contribution in [2.45, 2.75) is 32.7 Å². The van der Waals surface area contributed by atoms with Crippen LogP contribution < -0.4 is 5.32 Å². The predicted octanol–water partition coefficient (Wildman–Crippen LogP) is 4.22. The first kappa shape index (κ1) is 20.9. The molecule has 3 heterocycles. The largest absolute Gasteiger partial charge is 0.350 e. The van der Waals surface area contributed by atoms with E-state index in [1.807, 2.05) is 57.7 Å². The first-order valence-electron chi connectivity index (χ1n) is 11.2. The molecule has 1 N–H and O–H groups in total. The highest BCUT2D eigenvalue weighted by atomic mass is 16.1. The molecular formula is C26H26N6O. The molecule has 0 fully saturated rings. The van der Waals surface area contributed by atoms with Crippen LogP contribution in [0.3, 0.4) is 0 Å². The molecule has 5 aromatic rings. The molecule has 7 nitrogen and oxygen atoms in total. The highest BCUT2D eigenvalue weighted by molar-refractivity contribution is 6.04. The lowest BCUT2D eigenvalue weighted by molar-refractivity contribution is 0.0949. The maximum atomic E-state index is 13.0. The Morgan fingerprint density at radius 3 is 2.73 bits per heavy atom. The molecule has 33 heavy (non-hydrogen) atoms. The van der Waals surface area contributed by atoms with E-state index in [1.165, 1.54) is 11.1 Å². The van der Waals surface area contributed by atoms with E-state index in [2.05, 4.69) is 53.6 Å². The summed E-state index contributed by atoms with van der Waals surface area (Å²) in [5.74, 6) is 1.09. The number of para-hydroxylation sites is 1. The quantitative estimate of drug-likeness (QED) is 0.413. The van der Waals surface area contributed by atoms with Crippen molar-refractivity contribution >= 4 is 22.5 Å². The van der Waals surface area contributed by atoms with Crippen LogP contribution in [0.5, 0.6) is 0 Å². The van der Waals surface area contributed by atoms with Crippen LogP contribution in [0.15, 0.2) is 72.9 Å². The van der Waals surface area contributed by atoms with E-state index in [4.69, 9.17) is 5.10 Å². The second-order valence-electron chi connectivity index (χ2n) is 8.47. The second-order valence-corrected chi connectivity index (χ2v) is 8.47. The number of amides is 1. The fourth-order valence-electron chi connectivity index (χ4n) is 4.07. The zero-order valence-corrected chi connectivity index (χ0v) is 18.8. The normalized spacial score (nSPS) is 11.5. The molecule has 0 aliphatic rings. The van der Waals surface area contributed by atoms with Gasteiger partial charge in [-0.3, -0.25) is 13.9 Å². The lowest BCUT2D eigenvalue weighted by Crippen LogP contribution is -2.27. The van der Waals surface area contributed by atoms with E-state index in [0.29, 0.717) is 31.1 Å². The van der Waals surface area contributed by atoms with Crippen molar-refractivity contribution in [1.82, 2.24) is 29.7 Å². The summed E-state index contributed by atoms with van der Waals surface area (Å²) < 4.78 is 3.84. The molecule has 0 radical (unpaired) electrons. The maximum absolute atomic E-state index is 13.0. The van der Waals surface area contributed by atoms with Crippen molar-refractivity contribution in [3.8, 4) is 0 Å². The Morgan fingerprint density at radius 1 is 1.00 bits per heavy atom. The molecule has 0 unspecified atom stereocenters. The lowest BCUT2D eigenvalue weighted by Gasteiger charge is -2.09. The van der Waals surface area contributed by atoms with Gasteiger partial charge in [0.1, 0.15) is 5.82 Å². The van der Waals surface area contributed by atoms with E-state index >= 15 is 0 Å². The number of rotatable bonds is 7. The van der Waals surface area contributed by atoms with Gasteiger partial charge in [0.25, 0.3) is 5.91 Å². The Bertz CT molecular complexity index is 1430. The van der Waals surface area contributed by atoms with Crippen LogP contribution in [0.25, 0.3) is 16.6 Å². The molecular weight excluding hydrogens is 412 g/mol. The number of nitrogens with one attached hydrogen (secondary N) is 1. The molecule has 2 aromatic carbocycles. The monoisotopic (exact) mass is 438 g/mol. The number of nitrogens with zero attached hydrogens (tertiary/aromatic N) is 5. The molecule has 3 aromatic heterocycles. The lowest BCUT2D eigenvalue weighted by atomic mass is 10.0. The summed E-state index contributed by atoms with van der Waals surface area (Å²) in [6.07, 6.45) is 2.51. The molecule has 0 aliphatic heterocycles. The van der Waals surface area contributed by atoms with Crippen molar-refractivity contribution in [2.75, 3.05) is 6.54 Å². The summed E-state index contributed by atoms with van der Waals surface area (Å²) in [5.41, 5.74) is 4.64. The summed E-state index contributed by atoms with van der Waals surface area (Å²) in [6, 6.07) is 22.2. The summed E-state index contributed by atoms with van der Waals surface area (Å²) in [7, 11) is 0. The minimum atomic E-state index is -0.185. The average Bonchev–Trinajstić information content (AvgIpc) is 3.41. The molecule has 0 saturated heterocycles. The summed E-state index contributed by atoms with van der Waals surface area (Å²) >= 11 is 0. The van der Waals surface area contributed by atoms with Gasteiger partial charge in [0.05, 0.1) is 12.1 Å². The predicted molar refractivity (Wildman–Crippen MR) is 128 cm³/mol. The topological polar surface area (TPSA) is 77.1 Å². The van der Waals surface area contributed by atoms with Gasteiger partial charge in [-0.15, -0.1) is 10.2 Å². The van der Waals surface area contributed by atoms with Gasteiger partial charge in [0, 0.05) is 24.5 Å². The number of carbonyl (C=O) groups excluding carboxylic acids is 1. The van der Waals surface area contributed by atoms with Gasteiger partial charge in [0.15, 0.2) is 11.3 Å². The Morgan fingerprint density at radius 2 is 1.85 bits per heavy atom. The Kier molecular flexibility index (Phi) is 5.60. The van der Waals surface area contributed by atoms with Gasteiger partial charge >= 0.3 is 0 Å². The minimum Gasteiger partial charge on any atom is -0.350 e. The fraction of sp³-hybridized carbons (Fsp3) is 0.231. The molecule has 7 heteroatoms. The van der Waals surface area contributed by atoms with E-state index < -0.39 is 0 Å². The zero-order valence-electron chi connectivity index (χ0n) is 18.8. The molecule has 5 rings (SSSR count). The van der Waals surface area contributed by atoms with Crippen molar-refractivity contribution < 1.29 is 4.79 Å². The minimum absolute atomic E-state index is 0.185. The smallest absolute Gasteiger partial charge is 0.272 e. The van der Waals surface area contributed by atoms with Crippen LogP contribution in [-0.2, 0) is 13.0 Å². The third kappa shape index (κ3) is 4.22. The van der Waals surface area contributed by atoms with E-state index in [0.717, 1.165) is 22.4 Å². The maximum Gasteiger partial charge on any atom is 0.272 e. The highest BCUT2D eigenvalue weighted by Crippen LogP contribution is 2.21. The van der Waals surface area contributed by atoms with Crippen LogP contribution in [0.2, 0.25) is 0 Å². The summed E-state index contributed by atoms with van der Waals surface area (Å²) in [4.78, 5) is 13.0.